The van der Waals surface area contributed by atoms with Crippen molar-refractivity contribution >= 4 is 11.4 Å². The molecular formula is C15H17FN2. The zero-order chi connectivity index (χ0) is 13.0. The Balaban J connectivity index is 2.04. The zero-order valence-corrected chi connectivity index (χ0v) is 10.7. The summed E-state index contributed by atoms with van der Waals surface area (Å²) in [6.07, 6.45) is 0. The van der Waals surface area contributed by atoms with E-state index in [1.165, 1.54) is 6.07 Å². The van der Waals surface area contributed by atoms with E-state index in [1.807, 2.05) is 43.3 Å². The summed E-state index contributed by atoms with van der Waals surface area (Å²) in [4.78, 5) is 2.05. The molecule has 0 aliphatic heterocycles. The second-order valence-electron chi connectivity index (χ2n) is 4.43. The summed E-state index contributed by atoms with van der Waals surface area (Å²) in [7, 11) is 4.01. The van der Waals surface area contributed by atoms with Crippen LogP contribution in [0.2, 0.25) is 0 Å². The van der Waals surface area contributed by atoms with Gasteiger partial charge in [-0.3, -0.25) is 0 Å². The molecule has 18 heavy (non-hydrogen) atoms. The van der Waals surface area contributed by atoms with Gasteiger partial charge in [-0.15, -0.1) is 0 Å². The van der Waals surface area contributed by atoms with Gasteiger partial charge < -0.3 is 10.2 Å². The van der Waals surface area contributed by atoms with Crippen LogP contribution >= 0.6 is 0 Å². The maximum absolute atomic E-state index is 13.0. The minimum absolute atomic E-state index is 0.198. The van der Waals surface area contributed by atoms with Crippen molar-refractivity contribution in [2.45, 2.75) is 6.54 Å². The van der Waals surface area contributed by atoms with Crippen LogP contribution in [0.25, 0.3) is 0 Å². The van der Waals surface area contributed by atoms with Crippen LogP contribution in [0.4, 0.5) is 15.8 Å². The van der Waals surface area contributed by atoms with Crippen LogP contribution in [-0.4, -0.2) is 14.1 Å². The molecule has 0 saturated carbocycles. The monoisotopic (exact) mass is 244 g/mol. The Morgan fingerprint density at radius 2 is 1.83 bits per heavy atom. The first kappa shape index (κ1) is 12.4. The molecule has 3 heteroatoms. The lowest BCUT2D eigenvalue weighted by Gasteiger charge is -2.14. The smallest absolute Gasteiger partial charge is 0.123 e. The Morgan fingerprint density at radius 1 is 1.06 bits per heavy atom. The average Bonchev–Trinajstić information content (AvgIpc) is 2.37. The first-order valence-corrected chi connectivity index (χ1v) is 5.91. The summed E-state index contributed by atoms with van der Waals surface area (Å²) in [6, 6.07) is 14.8. The van der Waals surface area contributed by atoms with Gasteiger partial charge in [-0.05, 0) is 35.9 Å². The van der Waals surface area contributed by atoms with Crippen molar-refractivity contribution in [3.05, 3.63) is 59.9 Å². The molecule has 2 aromatic carbocycles. The lowest BCUT2D eigenvalue weighted by Crippen LogP contribution is -2.09. The van der Waals surface area contributed by atoms with Crippen LogP contribution in [0.15, 0.2) is 48.5 Å². The molecule has 0 amide bonds. The number of halogens is 1. The van der Waals surface area contributed by atoms with Crippen molar-refractivity contribution in [2.24, 2.45) is 0 Å². The van der Waals surface area contributed by atoms with E-state index in [0.717, 1.165) is 16.9 Å². The van der Waals surface area contributed by atoms with Gasteiger partial charge in [-0.1, -0.05) is 18.2 Å². The van der Waals surface area contributed by atoms with Crippen molar-refractivity contribution in [3.8, 4) is 0 Å². The molecule has 0 aromatic heterocycles. The van der Waals surface area contributed by atoms with Crippen molar-refractivity contribution in [2.75, 3.05) is 24.3 Å². The average molecular weight is 244 g/mol. The fourth-order valence-corrected chi connectivity index (χ4v) is 1.75. The van der Waals surface area contributed by atoms with E-state index >= 15 is 0 Å². The van der Waals surface area contributed by atoms with Crippen LogP contribution in [0.5, 0.6) is 0 Å². The minimum atomic E-state index is -0.198. The lowest BCUT2D eigenvalue weighted by molar-refractivity contribution is 0.626. The standard InChI is InChI=1S/C15H17FN2/c1-18(2)15-8-4-7-14(10-15)17-11-12-5-3-6-13(16)9-12/h3-10,17H,11H2,1-2H3. The zero-order valence-electron chi connectivity index (χ0n) is 10.7. The Hall–Kier alpha value is -2.03. The van der Waals surface area contributed by atoms with Gasteiger partial charge in [0.05, 0.1) is 0 Å². The van der Waals surface area contributed by atoms with Crippen LogP contribution < -0.4 is 10.2 Å². The van der Waals surface area contributed by atoms with Gasteiger partial charge >= 0.3 is 0 Å². The molecule has 0 radical (unpaired) electrons. The number of hydrogen-bond donors (Lipinski definition) is 1. The molecule has 1 N–H and O–H groups in total. The number of benzene rings is 2. The number of rotatable bonds is 4. The van der Waals surface area contributed by atoms with Gasteiger partial charge in [0.1, 0.15) is 5.82 Å². The largest absolute Gasteiger partial charge is 0.381 e. The van der Waals surface area contributed by atoms with Gasteiger partial charge in [0.15, 0.2) is 0 Å². The molecule has 94 valence electrons. The molecular weight excluding hydrogens is 227 g/mol. The van der Waals surface area contributed by atoms with Crippen LogP contribution in [0, 0.1) is 5.82 Å². The highest BCUT2D eigenvalue weighted by Crippen LogP contribution is 2.18. The van der Waals surface area contributed by atoms with Crippen molar-refractivity contribution in [3.63, 3.8) is 0 Å². The van der Waals surface area contributed by atoms with E-state index in [0.29, 0.717) is 6.54 Å². The van der Waals surface area contributed by atoms with E-state index in [9.17, 15) is 4.39 Å². The summed E-state index contributed by atoms with van der Waals surface area (Å²) in [5.41, 5.74) is 3.11. The third kappa shape index (κ3) is 3.23. The molecule has 0 bridgehead atoms. The molecule has 0 atom stereocenters. The number of nitrogens with one attached hydrogen (secondary N) is 1. The molecule has 0 fully saturated rings. The number of hydrogen-bond acceptors (Lipinski definition) is 2. The molecule has 0 aliphatic rings. The predicted molar refractivity (Wildman–Crippen MR) is 74.5 cm³/mol. The Morgan fingerprint density at radius 3 is 2.56 bits per heavy atom. The first-order valence-electron chi connectivity index (χ1n) is 5.91. The molecule has 2 aromatic rings. The Kier molecular flexibility index (Phi) is 3.82. The van der Waals surface area contributed by atoms with Gasteiger partial charge in [0, 0.05) is 32.0 Å². The summed E-state index contributed by atoms with van der Waals surface area (Å²) in [6.45, 7) is 0.620. The second-order valence-corrected chi connectivity index (χ2v) is 4.43. The molecule has 0 aliphatic carbocycles. The molecule has 0 heterocycles. The second kappa shape index (κ2) is 5.54. The van der Waals surface area contributed by atoms with Gasteiger partial charge in [-0.25, -0.2) is 4.39 Å². The minimum Gasteiger partial charge on any atom is -0.381 e. The maximum atomic E-state index is 13.0. The predicted octanol–water partition coefficient (Wildman–Crippen LogP) is 3.50. The SMILES string of the molecule is CN(C)c1cccc(NCc2cccc(F)c2)c1. The Bertz CT molecular complexity index is 523. The quantitative estimate of drug-likeness (QED) is 0.885. The highest BCUT2D eigenvalue weighted by molar-refractivity contribution is 5.57. The summed E-state index contributed by atoms with van der Waals surface area (Å²) in [5, 5.41) is 3.29. The number of anilines is 2. The van der Waals surface area contributed by atoms with Crippen LogP contribution in [-0.2, 0) is 6.54 Å². The van der Waals surface area contributed by atoms with E-state index in [4.69, 9.17) is 0 Å². The highest BCUT2D eigenvalue weighted by atomic mass is 19.1. The molecule has 0 spiro atoms. The molecule has 2 nitrogen and oxygen atoms in total. The maximum Gasteiger partial charge on any atom is 0.123 e. The summed E-state index contributed by atoms with van der Waals surface area (Å²) >= 11 is 0. The van der Waals surface area contributed by atoms with Gasteiger partial charge in [0.25, 0.3) is 0 Å². The summed E-state index contributed by atoms with van der Waals surface area (Å²) < 4.78 is 13.0. The lowest BCUT2D eigenvalue weighted by atomic mass is 10.2. The third-order valence-corrected chi connectivity index (χ3v) is 2.75. The molecule has 2 rings (SSSR count). The van der Waals surface area contributed by atoms with E-state index in [2.05, 4.69) is 11.4 Å². The number of nitrogens with zero attached hydrogens (tertiary/aromatic N) is 1. The highest BCUT2D eigenvalue weighted by Gasteiger charge is 1.98. The third-order valence-electron chi connectivity index (χ3n) is 2.75. The topological polar surface area (TPSA) is 15.3 Å². The molecule has 0 unspecified atom stereocenters. The van der Waals surface area contributed by atoms with Crippen molar-refractivity contribution in [1.82, 2.24) is 0 Å². The fraction of sp³-hybridized carbons (Fsp3) is 0.200. The molecule has 0 saturated heterocycles. The van der Waals surface area contributed by atoms with E-state index < -0.39 is 0 Å². The Labute approximate surface area is 107 Å². The van der Waals surface area contributed by atoms with E-state index in [1.54, 1.807) is 12.1 Å². The fourth-order valence-electron chi connectivity index (χ4n) is 1.75. The van der Waals surface area contributed by atoms with Gasteiger partial charge in [-0.2, -0.15) is 0 Å². The van der Waals surface area contributed by atoms with Crippen LogP contribution in [0.3, 0.4) is 0 Å². The van der Waals surface area contributed by atoms with E-state index in [-0.39, 0.29) is 5.82 Å². The van der Waals surface area contributed by atoms with Crippen LogP contribution in [0.1, 0.15) is 5.56 Å². The first-order chi connectivity index (χ1) is 8.65. The summed E-state index contributed by atoms with van der Waals surface area (Å²) in [5.74, 6) is -0.198. The van der Waals surface area contributed by atoms with Gasteiger partial charge in [0.2, 0.25) is 0 Å². The normalized spacial score (nSPS) is 10.2. The van der Waals surface area contributed by atoms with Crippen molar-refractivity contribution in [1.29, 1.82) is 0 Å². The van der Waals surface area contributed by atoms with Crippen molar-refractivity contribution < 1.29 is 4.39 Å².